The molecule has 0 aliphatic rings. The maximum atomic E-state index is 14.5. The van der Waals surface area contributed by atoms with Crippen LogP contribution in [0, 0.1) is 24.5 Å². The number of hydrogen-bond donors (Lipinski definition) is 6. The molecule has 15 aromatic rings. The number of aryl methyl sites for hydroxylation is 1. The number of carbonyl (C=O) groups is 3. The zero-order valence-electron chi connectivity index (χ0n) is 60.7. The fourth-order valence-electron chi connectivity index (χ4n) is 12.5. The molecular formula is C79H63Cl7F3N13O10S3. The summed E-state index contributed by atoms with van der Waals surface area (Å²) in [4.78, 5) is 75.3. The molecule has 23 nitrogen and oxygen atoms in total. The first kappa shape index (κ1) is 85.5. The Morgan fingerprint density at radius 1 is 0.487 bits per heavy atom. The molecule has 5 aromatic carbocycles. The van der Waals surface area contributed by atoms with Crippen LogP contribution in [0.3, 0.4) is 0 Å². The number of fused-ring (bicyclic) bond motifs is 6. The first-order valence-corrected chi connectivity index (χ1v) is 41.8. The number of nitrogens with one attached hydrogen (secondary N) is 5. The Bertz CT molecular complexity index is 6480. The van der Waals surface area contributed by atoms with Crippen LogP contribution in [0.5, 0.6) is 0 Å². The molecule has 0 saturated carbocycles. The van der Waals surface area contributed by atoms with E-state index >= 15 is 0 Å². The van der Waals surface area contributed by atoms with Gasteiger partial charge in [0.1, 0.15) is 17.3 Å². The number of methoxy groups -OCH3 is 1. The van der Waals surface area contributed by atoms with Crippen molar-refractivity contribution in [2.45, 2.75) is 60.5 Å². The highest BCUT2D eigenvalue weighted by atomic mass is 35.5. The Balaban J connectivity index is 0.000000158. The van der Waals surface area contributed by atoms with Crippen molar-refractivity contribution >= 4 is 195 Å². The van der Waals surface area contributed by atoms with Gasteiger partial charge in [-0.1, -0.05) is 69.6 Å². The van der Waals surface area contributed by atoms with Crippen molar-refractivity contribution in [2.24, 2.45) is 5.73 Å². The van der Waals surface area contributed by atoms with Crippen molar-refractivity contribution in [3.63, 3.8) is 0 Å². The van der Waals surface area contributed by atoms with E-state index in [0.29, 0.717) is 158 Å². The molecule has 36 heteroatoms. The number of pyridine rings is 7. The minimum atomic E-state index is -3.56. The third-order valence-corrected chi connectivity index (χ3v) is 22.7. The number of carbonyl (C=O) groups excluding carboxylic acids is 3. The Morgan fingerprint density at radius 2 is 0.852 bits per heavy atom. The predicted molar refractivity (Wildman–Crippen MR) is 442 cm³/mol. The summed E-state index contributed by atoms with van der Waals surface area (Å²) in [6.45, 7) is 1.85. The predicted octanol–water partition coefficient (Wildman–Crippen LogP) is 16.6. The second-order valence-corrected chi connectivity index (χ2v) is 34.6. The standard InChI is InChI=1S/2C26H19Cl2FN4O3S.C18H15ClN2O4S.C9H9ClFN3.ClH/c2*1-37(35,36)24-6-14(4-16-7-18(27)12-32-25(16)24)5-19-8-15(2-3-30-19)26(34)33-11-17-9-20-21(28)13-31-23(20)10-22(17)29;1-25-18(22)12-3-4-20-15(9-12)6-11-5-13-8-14(19)10-21-17(13)16(7-11)26(2,23)24;1-4-5(2-12)8(11)14-9-7(4)6(10)3-13-9;/h2*2-4,6-10,12-13,31H,5,11H2,1H3,(H,33,34);3-5,7-10H,6H2,1-2H3;3H,2,12H2,1H3,(H,13,14);1H. The van der Waals surface area contributed by atoms with E-state index < -0.39 is 64.9 Å². The van der Waals surface area contributed by atoms with Gasteiger partial charge in [0.15, 0.2) is 29.5 Å². The Kier molecular flexibility index (Phi) is 26.6. The summed E-state index contributed by atoms with van der Waals surface area (Å²) in [7, 11) is -9.30. The van der Waals surface area contributed by atoms with Gasteiger partial charge in [-0.25, -0.2) is 43.8 Å². The lowest BCUT2D eigenvalue weighted by Crippen LogP contribution is -2.23. The number of halogens is 10. The average Bonchev–Trinajstić information content (AvgIpc) is 1.31. The van der Waals surface area contributed by atoms with E-state index in [1.165, 1.54) is 56.4 Å². The Labute approximate surface area is 691 Å². The number of nitrogens with two attached hydrogens (primary N) is 1. The van der Waals surface area contributed by atoms with Crippen LogP contribution in [0.4, 0.5) is 13.2 Å². The van der Waals surface area contributed by atoms with E-state index in [2.05, 4.69) is 60.5 Å². The lowest BCUT2D eigenvalue weighted by molar-refractivity contribution is 0.0600. The number of H-pyrrole nitrogens is 3. The highest BCUT2D eigenvalue weighted by molar-refractivity contribution is 7.91. The summed E-state index contributed by atoms with van der Waals surface area (Å²) in [5.41, 5.74) is 14.7. The first-order chi connectivity index (χ1) is 54.1. The molecule has 10 aromatic heterocycles. The largest absolute Gasteiger partial charge is 0.465 e. The van der Waals surface area contributed by atoms with Crippen molar-refractivity contribution < 1.29 is 57.5 Å². The number of amides is 2. The molecule has 0 radical (unpaired) electrons. The molecule has 0 aliphatic carbocycles. The third-order valence-electron chi connectivity index (χ3n) is 17.9. The molecule has 10 heterocycles. The third kappa shape index (κ3) is 20.3. The molecule has 2 amide bonds. The molecule has 0 unspecified atom stereocenters. The van der Waals surface area contributed by atoms with E-state index in [0.717, 1.165) is 35.3 Å². The van der Waals surface area contributed by atoms with Crippen LogP contribution in [0.2, 0.25) is 30.1 Å². The molecule has 0 spiro atoms. The number of benzene rings is 5. The van der Waals surface area contributed by atoms with Crippen LogP contribution < -0.4 is 16.4 Å². The number of ether oxygens (including phenoxy) is 1. The average molecular weight is 1760 g/mol. The maximum Gasteiger partial charge on any atom is 0.337 e. The second kappa shape index (κ2) is 35.8. The van der Waals surface area contributed by atoms with Gasteiger partial charge in [0.05, 0.1) is 74.0 Å². The molecular weight excluding hydrogens is 1690 g/mol. The minimum absolute atomic E-state index is 0. The Morgan fingerprint density at radius 3 is 1.22 bits per heavy atom. The van der Waals surface area contributed by atoms with Gasteiger partial charge < -0.3 is 36.1 Å². The van der Waals surface area contributed by atoms with E-state index in [1.54, 1.807) is 123 Å². The van der Waals surface area contributed by atoms with Gasteiger partial charge in [-0.3, -0.25) is 39.5 Å². The van der Waals surface area contributed by atoms with Crippen LogP contribution in [0.25, 0.3) is 65.5 Å². The van der Waals surface area contributed by atoms with E-state index in [4.69, 9.17) is 80.1 Å². The smallest absolute Gasteiger partial charge is 0.337 e. The minimum Gasteiger partial charge on any atom is -0.465 e. The lowest BCUT2D eigenvalue weighted by atomic mass is 10.0. The number of aromatic nitrogens is 10. The molecule has 0 saturated heterocycles. The van der Waals surface area contributed by atoms with E-state index in [-0.39, 0.29) is 59.6 Å². The number of sulfone groups is 3. The van der Waals surface area contributed by atoms with Crippen molar-refractivity contribution in [3.05, 3.63) is 291 Å². The fourth-order valence-corrected chi connectivity index (χ4v) is 16.3. The van der Waals surface area contributed by atoms with Gasteiger partial charge >= 0.3 is 5.97 Å². The first-order valence-electron chi connectivity index (χ1n) is 33.8. The van der Waals surface area contributed by atoms with Gasteiger partial charge in [-0.15, -0.1) is 12.4 Å². The fraction of sp³-hybridized carbons (Fsp3) is 0.139. The van der Waals surface area contributed by atoms with E-state index in [9.17, 15) is 52.8 Å². The van der Waals surface area contributed by atoms with Crippen molar-refractivity contribution in [2.75, 3.05) is 25.9 Å². The number of hydrogen-bond acceptors (Lipinski definition) is 18. The summed E-state index contributed by atoms with van der Waals surface area (Å²) >= 11 is 36.3. The number of esters is 1. The number of rotatable bonds is 17. The maximum absolute atomic E-state index is 14.5. The Hall–Kier alpha value is -10.4. The summed E-state index contributed by atoms with van der Waals surface area (Å²) in [5.74, 6) is -2.73. The molecule has 0 atom stereocenters. The van der Waals surface area contributed by atoms with Crippen molar-refractivity contribution in [3.8, 4) is 0 Å². The summed E-state index contributed by atoms with van der Waals surface area (Å²) in [5, 5.41) is 12.0. The van der Waals surface area contributed by atoms with Gasteiger partial charge in [0, 0.05) is 202 Å². The molecule has 15 rings (SSSR count). The zero-order chi connectivity index (χ0) is 81.8. The second-order valence-electron chi connectivity index (χ2n) is 26.1. The molecule has 0 bridgehead atoms. The monoisotopic (exact) mass is 1750 g/mol. The van der Waals surface area contributed by atoms with Crippen LogP contribution in [0.15, 0.2) is 186 Å². The molecule has 0 fully saturated rings. The zero-order valence-corrected chi connectivity index (χ0v) is 68.5. The van der Waals surface area contributed by atoms with Gasteiger partial charge in [-0.05, 0) is 144 Å². The van der Waals surface area contributed by atoms with E-state index in [1.807, 2.05) is 6.07 Å². The highest BCUT2D eigenvalue weighted by Crippen LogP contribution is 2.34. The number of aromatic amines is 3. The van der Waals surface area contributed by atoms with Crippen LogP contribution in [0.1, 0.15) is 87.1 Å². The van der Waals surface area contributed by atoms with Crippen molar-refractivity contribution in [1.82, 2.24) is 60.5 Å². The summed E-state index contributed by atoms with van der Waals surface area (Å²) in [6.07, 6.45) is 17.7. The quantitative estimate of drug-likeness (QED) is 0.0364. The van der Waals surface area contributed by atoms with Gasteiger partial charge in [0.25, 0.3) is 11.8 Å². The topological polar surface area (TPSA) is 351 Å². The number of nitrogens with zero attached hydrogens (tertiary/aromatic N) is 7. The lowest BCUT2D eigenvalue weighted by Gasteiger charge is -2.10. The van der Waals surface area contributed by atoms with Crippen LogP contribution in [-0.2, 0) is 73.1 Å². The molecule has 592 valence electrons. The molecule has 115 heavy (non-hydrogen) atoms. The van der Waals surface area contributed by atoms with Gasteiger partial charge in [0.2, 0.25) is 5.95 Å². The van der Waals surface area contributed by atoms with Crippen molar-refractivity contribution in [1.29, 1.82) is 0 Å². The molecule has 0 aliphatic heterocycles. The normalized spacial score (nSPS) is 11.5. The summed E-state index contributed by atoms with van der Waals surface area (Å²) < 4.78 is 121. The highest BCUT2D eigenvalue weighted by Gasteiger charge is 2.23. The van der Waals surface area contributed by atoms with Crippen LogP contribution in [-0.4, -0.2) is 119 Å². The summed E-state index contributed by atoms with van der Waals surface area (Å²) in [6, 6.07) is 30.4. The van der Waals surface area contributed by atoms with Crippen LogP contribution >= 0.6 is 82.0 Å². The van der Waals surface area contributed by atoms with Gasteiger partial charge in [-0.2, -0.15) is 4.39 Å². The SMILES string of the molecule is COC(=O)c1ccnc(Cc2cc(S(C)(=O)=O)c3ncc(Cl)cc3c2)c1.CS(=O)(=O)c1cc(Cc2cc(C(=O)NCc3cc4c(Cl)c[nH]c4cc3F)ccn2)cc2cc(Cl)cnc12.CS(=O)(=O)c1cc(Cc2cc(C(=O)NCc3cc4c(Cl)c[nH]c4cc3F)ccn2)cc2cc(Cl)cnc12.Cc1c(CN)c(F)nc2[nH]cc(Cl)c12.Cl. The molecule has 7 N–H and O–H groups in total.